The number of thioether (sulfide) groups is 1. The maximum absolute atomic E-state index is 12.1. The number of benzene rings is 1. The van der Waals surface area contributed by atoms with Gasteiger partial charge in [0, 0.05) is 24.0 Å². The van der Waals surface area contributed by atoms with Crippen LogP contribution in [0.1, 0.15) is 49.5 Å². The Kier molecular flexibility index (Phi) is 6.97. The lowest BCUT2D eigenvalue weighted by molar-refractivity contribution is -0.120. The van der Waals surface area contributed by atoms with E-state index in [1.807, 2.05) is 24.3 Å². The largest absolute Gasteiger partial charge is 0.356 e. The molecule has 1 aromatic heterocycles. The highest BCUT2D eigenvalue weighted by Crippen LogP contribution is 2.33. The number of nitrogens with one attached hydrogen (secondary N) is 1. The van der Waals surface area contributed by atoms with Gasteiger partial charge < -0.3 is 9.88 Å². The van der Waals surface area contributed by atoms with Crippen LogP contribution in [0.4, 0.5) is 0 Å². The molecule has 1 heterocycles. The van der Waals surface area contributed by atoms with E-state index in [2.05, 4.69) is 26.3 Å². The van der Waals surface area contributed by atoms with Crippen molar-refractivity contribution in [2.45, 2.75) is 56.1 Å². The third-order valence-corrected chi connectivity index (χ3v) is 5.68. The molecule has 1 saturated carbocycles. The summed E-state index contributed by atoms with van der Waals surface area (Å²) < 4.78 is 2.33. The number of carbonyl (C=O) groups excluding carboxylic acids is 1. The molecule has 0 radical (unpaired) electrons. The maximum atomic E-state index is 12.1. The van der Waals surface area contributed by atoms with Crippen LogP contribution in [-0.4, -0.2) is 33.5 Å². The number of aromatic nitrogens is 3. The fraction of sp³-hybridized carbons (Fsp3) is 0.526. The minimum absolute atomic E-state index is 0.0365. The normalized spacial score (nSPS) is 14.7. The summed E-state index contributed by atoms with van der Waals surface area (Å²) in [5.74, 6) is 1.09. The average Bonchev–Trinajstić information content (AvgIpc) is 3.29. The first-order valence-corrected chi connectivity index (χ1v) is 10.8. The lowest BCUT2D eigenvalue weighted by Crippen LogP contribution is -2.26. The molecule has 3 rings (SSSR count). The Morgan fingerprint density at radius 3 is 2.69 bits per heavy atom. The summed E-state index contributed by atoms with van der Waals surface area (Å²) in [6.07, 6.45) is 9.15. The highest BCUT2D eigenvalue weighted by atomic mass is 35.5. The Hall–Kier alpha value is -1.53. The molecule has 140 valence electrons. The SMILES string of the molecule is CSc1nnc(CCCNC(=O)Cc2ccc(Cl)cc2)n1C1CCCC1. The first kappa shape index (κ1) is 19.2. The smallest absolute Gasteiger partial charge is 0.224 e. The van der Waals surface area contributed by atoms with Crippen molar-refractivity contribution in [2.75, 3.05) is 12.8 Å². The van der Waals surface area contributed by atoms with Gasteiger partial charge >= 0.3 is 0 Å². The van der Waals surface area contributed by atoms with Gasteiger partial charge in [-0.15, -0.1) is 10.2 Å². The van der Waals surface area contributed by atoms with E-state index >= 15 is 0 Å². The van der Waals surface area contributed by atoms with Crippen LogP contribution in [0.2, 0.25) is 5.02 Å². The molecule has 0 saturated heterocycles. The fourth-order valence-electron chi connectivity index (χ4n) is 3.47. The Labute approximate surface area is 163 Å². The first-order valence-electron chi connectivity index (χ1n) is 9.16. The molecule has 26 heavy (non-hydrogen) atoms. The summed E-state index contributed by atoms with van der Waals surface area (Å²) in [5, 5.41) is 13.4. The van der Waals surface area contributed by atoms with Gasteiger partial charge in [-0.05, 0) is 43.2 Å². The van der Waals surface area contributed by atoms with Gasteiger partial charge in [-0.2, -0.15) is 0 Å². The van der Waals surface area contributed by atoms with Crippen LogP contribution in [-0.2, 0) is 17.6 Å². The van der Waals surface area contributed by atoms with Crippen molar-refractivity contribution >= 4 is 29.3 Å². The molecule has 1 fully saturated rings. The number of amides is 1. The molecule has 1 amide bonds. The summed E-state index contributed by atoms with van der Waals surface area (Å²) in [6.45, 7) is 0.651. The van der Waals surface area contributed by atoms with E-state index in [1.54, 1.807) is 11.8 Å². The summed E-state index contributed by atoms with van der Waals surface area (Å²) in [6, 6.07) is 7.93. The maximum Gasteiger partial charge on any atom is 0.224 e. The molecule has 1 aliphatic carbocycles. The van der Waals surface area contributed by atoms with Gasteiger partial charge in [0.1, 0.15) is 5.82 Å². The summed E-state index contributed by atoms with van der Waals surface area (Å²) in [4.78, 5) is 12.1. The predicted octanol–water partition coefficient (Wildman–Crippen LogP) is 4.06. The topological polar surface area (TPSA) is 59.8 Å². The number of rotatable bonds is 8. The van der Waals surface area contributed by atoms with Gasteiger partial charge in [-0.3, -0.25) is 4.79 Å². The molecule has 1 aliphatic rings. The van der Waals surface area contributed by atoms with Crippen LogP contribution in [0.15, 0.2) is 29.4 Å². The Morgan fingerprint density at radius 1 is 1.27 bits per heavy atom. The van der Waals surface area contributed by atoms with Crippen molar-refractivity contribution in [1.82, 2.24) is 20.1 Å². The number of carbonyl (C=O) groups is 1. The van der Waals surface area contributed by atoms with E-state index in [4.69, 9.17) is 11.6 Å². The molecule has 0 atom stereocenters. The quantitative estimate of drug-likeness (QED) is 0.543. The molecule has 0 aliphatic heterocycles. The Balaban J connectivity index is 1.47. The summed E-state index contributed by atoms with van der Waals surface area (Å²) in [5.41, 5.74) is 0.970. The van der Waals surface area contributed by atoms with E-state index in [0.717, 1.165) is 29.4 Å². The molecule has 7 heteroatoms. The zero-order valence-electron chi connectivity index (χ0n) is 15.1. The number of hydrogen-bond acceptors (Lipinski definition) is 4. The van der Waals surface area contributed by atoms with E-state index < -0.39 is 0 Å². The zero-order valence-corrected chi connectivity index (χ0v) is 16.7. The van der Waals surface area contributed by atoms with Gasteiger partial charge in [0.25, 0.3) is 0 Å². The Morgan fingerprint density at radius 2 is 2.00 bits per heavy atom. The fourth-order valence-corrected chi connectivity index (χ4v) is 4.17. The highest BCUT2D eigenvalue weighted by molar-refractivity contribution is 7.98. The molecule has 1 aromatic carbocycles. The lowest BCUT2D eigenvalue weighted by Gasteiger charge is -2.16. The minimum atomic E-state index is 0.0365. The zero-order chi connectivity index (χ0) is 18.4. The second-order valence-corrected chi connectivity index (χ2v) is 7.88. The summed E-state index contributed by atoms with van der Waals surface area (Å²) in [7, 11) is 0. The van der Waals surface area contributed by atoms with Gasteiger partial charge in [0.15, 0.2) is 5.16 Å². The van der Waals surface area contributed by atoms with Crippen LogP contribution in [0.5, 0.6) is 0 Å². The molecule has 0 unspecified atom stereocenters. The Bertz CT molecular complexity index is 726. The average molecular weight is 393 g/mol. The van der Waals surface area contributed by atoms with Crippen molar-refractivity contribution in [2.24, 2.45) is 0 Å². The number of hydrogen-bond donors (Lipinski definition) is 1. The van der Waals surface area contributed by atoms with Crippen molar-refractivity contribution in [3.05, 3.63) is 40.7 Å². The number of halogens is 1. The number of aryl methyl sites for hydroxylation is 1. The van der Waals surface area contributed by atoms with Gasteiger partial charge in [0.05, 0.1) is 6.42 Å². The van der Waals surface area contributed by atoms with Crippen LogP contribution in [0.3, 0.4) is 0 Å². The second-order valence-electron chi connectivity index (χ2n) is 6.67. The van der Waals surface area contributed by atoms with Gasteiger partial charge in [-0.1, -0.05) is 48.3 Å². The van der Waals surface area contributed by atoms with E-state index in [9.17, 15) is 4.79 Å². The lowest BCUT2D eigenvalue weighted by atomic mass is 10.1. The van der Waals surface area contributed by atoms with Crippen molar-refractivity contribution in [3.63, 3.8) is 0 Å². The highest BCUT2D eigenvalue weighted by Gasteiger charge is 2.23. The molecule has 0 bridgehead atoms. The standard InChI is InChI=1S/C19H25ClN4OS/c1-26-19-23-22-17(24(19)16-5-2-3-6-16)7-4-12-21-18(25)13-14-8-10-15(20)11-9-14/h8-11,16H,2-7,12-13H2,1H3,(H,21,25). The summed E-state index contributed by atoms with van der Waals surface area (Å²) >= 11 is 7.53. The molecular weight excluding hydrogens is 368 g/mol. The van der Waals surface area contributed by atoms with Gasteiger partial charge in [0.2, 0.25) is 5.91 Å². The van der Waals surface area contributed by atoms with Crippen LogP contribution in [0, 0.1) is 0 Å². The van der Waals surface area contributed by atoms with Crippen LogP contribution in [0.25, 0.3) is 0 Å². The van der Waals surface area contributed by atoms with Crippen LogP contribution < -0.4 is 5.32 Å². The van der Waals surface area contributed by atoms with Crippen molar-refractivity contribution < 1.29 is 4.79 Å². The van der Waals surface area contributed by atoms with E-state index in [-0.39, 0.29) is 5.91 Å². The molecule has 1 N–H and O–H groups in total. The van der Waals surface area contributed by atoms with Gasteiger partial charge in [-0.25, -0.2) is 0 Å². The molecule has 0 spiro atoms. The third-order valence-electron chi connectivity index (χ3n) is 4.78. The monoisotopic (exact) mass is 392 g/mol. The number of nitrogens with zero attached hydrogens (tertiary/aromatic N) is 3. The van der Waals surface area contributed by atoms with Crippen molar-refractivity contribution in [3.8, 4) is 0 Å². The molecular formula is C19H25ClN4OS. The van der Waals surface area contributed by atoms with Crippen LogP contribution >= 0.6 is 23.4 Å². The molecule has 2 aromatic rings. The van der Waals surface area contributed by atoms with E-state index in [0.29, 0.717) is 24.0 Å². The first-order chi connectivity index (χ1) is 12.7. The van der Waals surface area contributed by atoms with E-state index in [1.165, 1.54) is 25.7 Å². The molecule has 5 nitrogen and oxygen atoms in total. The predicted molar refractivity (Wildman–Crippen MR) is 106 cm³/mol. The second kappa shape index (κ2) is 9.42. The van der Waals surface area contributed by atoms with Crippen molar-refractivity contribution in [1.29, 1.82) is 0 Å². The third kappa shape index (κ3) is 5.01. The minimum Gasteiger partial charge on any atom is -0.356 e.